The van der Waals surface area contributed by atoms with E-state index >= 15 is 0 Å². The van der Waals surface area contributed by atoms with E-state index in [1.807, 2.05) is 0 Å². The zero-order chi connectivity index (χ0) is 17.6. The summed E-state index contributed by atoms with van der Waals surface area (Å²) in [6.45, 7) is 16.1. The van der Waals surface area contributed by atoms with E-state index in [0.29, 0.717) is 39.6 Å². The largest absolute Gasteiger partial charge is 0.414 e. The van der Waals surface area contributed by atoms with E-state index in [2.05, 4.69) is 46.0 Å². The van der Waals surface area contributed by atoms with Gasteiger partial charge in [-0.15, -0.1) is 0 Å². The molecule has 140 valence electrons. The van der Waals surface area contributed by atoms with Crippen molar-refractivity contribution in [1.82, 2.24) is 0 Å². The van der Waals surface area contributed by atoms with Gasteiger partial charge in [0.2, 0.25) is 0 Å². The lowest BCUT2D eigenvalue weighted by Crippen LogP contribution is -2.42. The molecule has 5 heteroatoms. The predicted molar refractivity (Wildman–Crippen MR) is 99.8 cm³/mol. The number of hydrogen-bond donors (Lipinski definition) is 0. The Labute approximate surface area is 149 Å². The Hall–Kier alpha value is -0.203. The molecule has 24 heavy (non-hydrogen) atoms. The molecule has 4 nitrogen and oxygen atoms in total. The van der Waals surface area contributed by atoms with E-state index in [1.54, 1.807) is 0 Å². The van der Waals surface area contributed by atoms with Crippen LogP contribution in [-0.4, -0.2) is 54.6 Å². The van der Waals surface area contributed by atoms with Crippen LogP contribution in [0.2, 0.25) is 18.1 Å². The molecule has 0 N–H and O–H groups in total. The first-order valence-electron chi connectivity index (χ1n) is 9.37. The van der Waals surface area contributed by atoms with Crippen LogP contribution in [0.5, 0.6) is 0 Å². The molecule has 0 aromatic heterocycles. The lowest BCUT2D eigenvalue weighted by atomic mass is 9.59. The van der Waals surface area contributed by atoms with Crippen LogP contribution < -0.4 is 0 Å². The third kappa shape index (κ3) is 5.66. The van der Waals surface area contributed by atoms with E-state index < -0.39 is 8.32 Å². The summed E-state index contributed by atoms with van der Waals surface area (Å²) in [6.07, 6.45) is 5.96. The third-order valence-electron chi connectivity index (χ3n) is 5.77. The van der Waals surface area contributed by atoms with Crippen molar-refractivity contribution in [3.05, 3.63) is 12.2 Å². The maximum atomic E-state index is 6.06. The quantitative estimate of drug-likeness (QED) is 0.302. The lowest BCUT2D eigenvalue weighted by Gasteiger charge is -2.47. The molecule has 0 aromatic rings. The Morgan fingerprint density at radius 2 is 1.46 bits per heavy atom. The number of fused-ring (bicyclic) bond motifs is 1. The molecule has 3 atom stereocenters. The first kappa shape index (κ1) is 20.1. The summed E-state index contributed by atoms with van der Waals surface area (Å²) in [4.78, 5) is 0. The van der Waals surface area contributed by atoms with Gasteiger partial charge in [0.05, 0.1) is 46.2 Å². The molecule has 1 saturated carbocycles. The van der Waals surface area contributed by atoms with Crippen molar-refractivity contribution in [3.8, 4) is 0 Å². The van der Waals surface area contributed by atoms with Gasteiger partial charge in [0, 0.05) is 0 Å². The lowest BCUT2D eigenvalue weighted by molar-refractivity contribution is -0.0221. The molecule has 0 radical (unpaired) electrons. The highest BCUT2D eigenvalue weighted by Gasteiger charge is 2.42. The second-order valence-corrected chi connectivity index (χ2v) is 13.3. The van der Waals surface area contributed by atoms with E-state index in [0.717, 1.165) is 24.4 Å². The molecule has 1 fully saturated rings. The van der Waals surface area contributed by atoms with Gasteiger partial charge in [0.25, 0.3) is 0 Å². The molecule has 0 bridgehead atoms. The highest BCUT2D eigenvalue weighted by molar-refractivity contribution is 6.74. The summed E-state index contributed by atoms with van der Waals surface area (Å²) in [7, 11) is -1.64. The first-order valence-corrected chi connectivity index (χ1v) is 12.3. The average Bonchev–Trinajstić information content (AvgIpc) is 2.47. The maximum absolute atomic E-state index is 6.06. The minimum Gasteiger partial charge on any atom is -0.414 e. The molecule has 2 rings (SSSR count). The van der Waals surface area contributed by atoms with Crippen LogP contribution in [0.15, 0.2) is 12.2 Å². The van der Waals surface area contributed by atoms with Crippen LogP contribution >= 0.6 is 0 Å². The number of rotatable bonds is 12. The van der Waals surface area contributed by atoms with Gasteiger partial charge in [0.15, 0.2) is 8.32 Å². The zero-order valence-electron chi connectivity index (χ0n) is 16.2. The van der Waals surface area contributed by atoms with Crippen molar-refractivity contribution in [1.29, 1.82) is 0 Å². The van der Waals surface area contributed by atoms with E-state index in [-0.39, 0.29) is 5.04 Å². The Bertz CT molecular complexity index is 403. The van der Waals surface area contributed by atoms with E-state index in [1.165, 1.54) is 6.42 Å². The summed E-state index contributed by atoms with van der Waals surface area (Å²) in [5.41, 5.74) is 0. The van der Waals surface area contributed by atoms with E-state index in [4.69, 9.17) is 18.6 Å². The Kier molecular flexibility index (Phi) is 7.50. The number of hydrogen-bond acceptors (Lipinski definition) is 4. The second-order valence-electron chi connectivity index (χ2n) is 8.53. The molecule has 0 saturated heterocycles. The molecule has 0 aliphatic heterocycles. The van der Waals surface area contributed by atoms with Crippen molar-refractivity contribution < 1.29 is 18.6 Å². The van der Waals surface area contributed by atoms with Gasteiger partial charge in [-0.3, -0.25) is 0 Å². The van der Waals surface area contributed by atoms with Crippen LogP contribution in [0.4, 0.5) is 0 Å². The van der Waals surface area contributed by atoms with Crippen molar-refractivity contribution >= 4 is 8.32 Å². The van der Waals surface area contributed by atoms with E-state index in [9.17, 15) is 0 Å². The average molecular weight is 357 g/mol. The molecule has 0 amide bonds. The van der Waals surface area contributed by atoms with Crippen LogP contribution in [0.25, 0.3) is 0 Å². The van der Waals surface area contributed by atoms with Gasteiger partial charge in [0.1, 0.15) is 0 Å². The van der Waals surface area contributed by atoms with Gasteiger partial charge in [-0.05, 0) is 42.3 Å². The summed E-state index contributed by atoms with van der Waals surface area (Å²) >= 11 is 0. The minimum absolute atomic E-state index is 0.255. The van der Waals surface area contributed by atoms with Crippen LogP contribution in [0, 0.1) is 17.8 Å². The van der Waals surface area contributed by atoms with Crippen LogP contribution in [0.3, 0.4) is 0 Å². The summed E-state index contributed by atoms with van der Waals surface area (Å²) in [5, 5.41) is 0.255. The smallest absolute Gasteiger partial charge is 0.192 e. The molecule has 0 heterocycles. The number of ether oxygens (including phenoxy) is 3. The van der Waals surface area contributed by atoms with Gasteiger partial charge in [-0.2, -0.15) is 0 Å². The van der Waals surface area contributed by atoms with Gasteiger partial charge in [-0.1, -0.05) is 32.9 Å². The van der Waals surface area contributed by atoms with Crippen molar-refractivity contribution in [2.75, 3.05) is 46.2 Å². The van der Waals surface area contributed by atoms with Crippen LogP contribution in [-0.2, 0) is 18.6 Å². The first-order chi connectivity index (χ1) is 11.3. The highest BCUT2D eigenvalue weighted by atomic mass is 28.4. The Morgan fingerprint density at radius 1 is 0.875 bits per heavy atom. The SMILES string of the molecule is CC(C)(C)[Si](C)(C)OCCOCCOCCOCC1CC2C=C[C@H]21. The van der Waals surface area contributed by atoms with Gasteiger partial charge < -0.3 is 18.6 Å². The van der Waals surface area contributed by atoms with Crippen LogP contribution in [0.1, 0.15) is 27.2 Å². The normalized spacial score (nSPS) is 26.0. The molecule has 0 aromatic carbocycles. The zero-order valence-corrected chi connectivity index (χ0v) is 17.2. The Morgan fingerprint density at radius 3 is 1.92 bits per heavy atom. The fourth-order valence-electron chi connectivity index (χ4n) is 2.88. The molecule has 2 aliphatic rings. The molecule has 0 spiro atoms. The van der Waals surface area contributed by atoms with Crippen molar-refractivity contribution in [3.63, 3.8) is 0 Å². The monoisotopic (exact) mass is 356 g/mol. The second kappa shape index (κ2) is 8.95. The Balaban J connectivity index is 1.32. The maximum Gasteiger partial charge on any atom is 0.192 e. The fraction of sp³-hybridized carbons (Fsp3) is 0.895. The fourth-order valence-corrected chi connectivity index (χ4v) is 3.90. The van der Waals surface area contributed by atoms with Crippen molar-refractivity contribution in [2.45, 2.75) is 45.3 Å². The number of allylic oxidation sites excluding steroid dienone is 2. The topological polar surface area (TPSA) is 36.9 Å². The van der Waals surface area contributed by atoms with Crippen molar-refractivity contribution in [2.24, 2.45) is 17.8 Å². The van der Waals surface area contributed by atoms with Gasteiger partial charge >= 0.3 is 0 Å². The summed E-state index contributed by atoms with van der Waals surface area (Å²) < 4.78 is 22.9. The van der Waals surface area contributed by atoms with Gasteiger partial charge in [-0.25, -0.2) is 0 Å². The highest BCUT2D eigenvalue weighted by Crippen LogP contribution is 2.48. The third-order valence-corrected chi connectivity index (χ3v) is 10.3. The molecule has 2 unspecified atom stereocenters. The molecular formula is C19H36O4Si. The predicted octanol–water partition coefficient (Wildman–Crippen LogP) is 3.88. The summed E-state index contributed by atoms with van der Waals surface area (Å²) in [5.74, 6) is 2.43. The molecule has 2 aliphatic carbocycles. The summed E-state index contributed by atoms with van der Waals surface area (Å²) in [6, 6.07) is 0. The standard InChI is InChI=1S/C19H36O4Si/c1-19(2,3)24(4,5)23-13-12-21-9-8-20-10-11-22-15-17-14-16-6-7-18(16)17/h6-7,16-18H,8-15H2,1-5H3/t16?,17?,18-/m1/s1. The minimum atomic E-state index is -1.64. The molecular weight excluding hydrogens is 320 g/mol.